The second-order valence-corrected chi connectivity index (χ2v) is 3.75. The van der Waals surface area contributed by atoms with Gasteiger partial charge in [-0.05, 0) is 18.9 Å². The topological polar surface area (TPSA) is 32.6 Å². The smallest absolute Gasteiger partial charge is 0.134 e. The van der Waals surface area contributed by atoms with E-state index in [1.54, 1.807) is 6.08 Å². The summed E-state index contributed by atoms with van der Waals surface area (Å²) in [5.74, 6) is 1.57. The van der Waals surface area contributed by atoms with Crippen LogP contribution in [0.15, 0.2) is 29.2 Å². The van der Waals surface area contributed by atoms with Gasteiger partial charge in [0.2, 0.25) is 0 Å². The third-order valence-corrected chi connectivity index (χ3v) is 2.16. The molecule has 0 fully saturated rings. The van der Waals surface area contributed by atoms with Crippen molar-refractivity contribution in [2.45, 2.75) is 32.6 Å². The van der Waals surface area contributed by atoms with Gasteiger partial charge in [0, 0.05) is 24.6 Å². The average molecular weight is 255 g/mol. The highest BCUT2D eigenvalue weighted by Crippen LogP contribution is 2.12. The van der Waals surface area contributed by atoms with Crippen LogP contribution in [-0.2, 0) is 0 Å². The lowest BCUT2D eigenvalue weighted by molar-refractivity contribution is 0.392. The van der Waals surface area contributed by atoms with Crippen molar-refractivity contribution in [3.8, 4) is 12.0 Å². The van der Waals surface area contributed by atoms with Gasteiger partial charge in [0.05, 0.1) is 6.67 Å². The third-order valence-electron chi connectivity index (χ3n) is 2.16. The molecule has 0 bridgehead atoms. The Kier molecular flexibility index (Phi) is 10.8. The van der Waals surface area contributed by atoms with Crippen molar-refractivity contribution in [3.05, 3.63) is 24.2 Å². The van der Waals surface area contributed by atoms with Gasteiger partial charge >= 0.3 is 0 Å². The Bertz CT molecular complexity index is 351. The number of allylic oxidation sites excluding steroid dienone is 3. The van der Waals surface area contributed by atoms with Gasteiger partial charge in [-0.3, -0.25) is 4.39 Å². The third kappa shape index (κ3) is 9.59. The summed E-state index contributed by atoms with van der Waals surface area (Å²) < 4.78 is 25.1. The van der Waals surface area contributed by atoms with E-state index < -0.39 is 18.4 Å². The van der Waals surface area contributed by atoms with E-state index in [4.69, 9.17) is 5.11 Å². The molecule has 0 aliphatic carbocycles. The van der Waals surface area contributed by atoms with Gasteiger partial charge in [0.15, 0.2) is 0 Å². The lowest BCUT2D eigenvalue weighted by atomic mass is 10.1. The molecular formula is C14H19F2NO. The van der Waals surface area contributed by atoms with Crippen LogP contribution in [0.5, 0.6) is 0 Å². The molecule has 100 valence electrons. The number of hydrogen-bond acceptors (Lipinski definition) is 2. The van der Waals surface area contributed by atoms with Crippen molar-refractivity contribution < 1.29 is 13.9 Å². The standard InChI is InChI=1S/C14H19F2NO/c1-2-3-4-5-6-9-17-11-13(10-15)7-8-14(16)12-18/h4-5,11-13,18H,2-3,7-8,10H2,1H3/b5-4+,14-12-,17-11?/t13-/m1/s1. The molecule has 2 nitrogen and oxygen atoms in total. The van der Waals surface area contributed by atoms with Crippen LogP contribution in [0.2, 0.25) is 0 Å². The summed E-state index contributed by atoms with van der Waals surface area (Å²) in [6.45, 7) is 1.46. The van der Waals surface area contributed by atoms with Gasteiger partial charge in [-0.2, -0.15) is 0 Å². The number of rotatable bonds is 7. The number of hydrogen-bond donors (Lipinski definition) is 1. The normalized spacial score (nSPS) is 13.8. The maximum absolute atomic E-state index is 12.6. The average Bonchev–Trinajstić information content (AvgIpc) is 2.40. The summed E-state index contributed by atoms with van der Waals surface area (Å²) in [4.78, 5) is 3.76. The summed E-state index contributed by atoms with van der Waals surface area (Å²) in [5.41, 5.74) is 0. The maximum atomic E-state index is 12.6. The second-order valence-electron chi connectivity index (χ2n) is 3.75. The van der Waals surface area contributed by atoms with Crippen LogP contribution in [0.1, 0.15) is 32.6 Å². The van der Waals surface area contributed by atoms with Crippen LogP contribution in [-0.4, -0.2) is 18.0 Å². The van der Waals surface area contributed by atoms with Crippen molar-refractivity contribution in [1.29, 1.82) is 0 Å². The molecular weight excluding hydrogens is 236 g/mol. The molecule has 0 saturated carbocycles. The molecule has 0 spiro atoms. The van der Waals surface area contributed by atoms with Crippen molar-refractivity contribution in [2.75, 3.05) is 6.67 Å². The number of aliphatic hydroxyl groups excluding tert-OH is 1. The van der Waals surface area contributed by atoms with E-state index in [9.17, 15) is 8.78 Å². The van der Waals surface area contributed by atoms with Crippen LogP contribution in [0.25, 0.3) is 0 Å². The molecule has 0 unspecified atom stereocenters. The van der Waals surface area contributed by atoms with Crippen molar-refractivity contribution in [1.82, 2.24) is 0 Å². The predicted molar refractivity (Wildman–Crippen MR) is 70.8 cm³/mol. The minimum absolute atomic E-state index is 0.000931. The Morgan fingerprint density at radius 1 is 1.50 bits per heavy atom. The molecule has 1 N–H and O–H groups in total. The van der Waals surface area contributed by atoms with Crippen LogP contribution < -0.4 is 0 Å². The first-order valence-electron chi connectivity index (χ1n) is 5.98. The summed E-state index contributed by atoms with van der Waals surface area (Å²) >= 11 is 0. The van der Waals surface area contributed by atoms with E-state index in [1.165, 1.54) is 6.21 Å². The van der Waals surface area contributed by atoms with Crippen LogP contribution in [0, 0.1) is 17.9 Å². The Hall–Kier alpha value is -1.63. The molecule has 0 aliphatic rings. The van der Waals surface area contributed by atoms with E-state index in [-0.39, 0.29) is 12.8 Å². The molecule has 0 aromatic rings. The quantitative estimate of drug-likeness (QED) is 0.414. The van der Waals surface area contributed by atoms with Crippen molar-refractivity contribution >= 4 is 6.21 Å². The Labute approximate surface area is 107 Å². The van der Waals surface area contributed by atoms with E-state index in [0.717, 1.165) is 12.8 Å². The molecule has 0 saturated heterocycles. The number of halogens is 2. The zero-order valence-corrected chi connectivity index (χ0v) is 10.6. The Morgan fingerprint density at radius 2 is 2.28 bits per heavy atom. The minimum atomic E-state index is -0.657. The van der Waals surface area contributed by atoms with E-state index in [2.05, 4.69) is 23.9 Å². The molecule has 0 heterocycles. The molecule has 1 atom stereocenters. The van der Waals surface area contributed by atoms with Crippen molar-refractivity contribution in [3.63, 3.8) is 0 Å². The monoisotopic (exact) mass is 255 g/mol. The number of alkyl halides is 1. The predicted octanol–water partition coefficient (Wildman–Crippen LogP) is 4.11. The fourth-order valence-electron chi connectivity index (χ4n) is 1.11. The summed E-state index contributed by atoms with van der Waals surface area (Å²) in [6.07, 6.45) is 7.72. The summed E-state index contributed by atoms with van der Waals surface area (Å²) in [6, 6.07) is 2.52. The van der Waals surface area contributed by atoms with E-state index in [0.29, 0.717) is 6.26 Å². The number of aliphatic hydroxyl groups is 1. The molecule has 0 aromatic carbocycles. The number of unbranched alkanes of at least 4 members (excludes halogenated alkanes) is 1. The highest BCUT2D eigenvalue weighted by atomic mass is 19.1. The fraction of sp³-hybridized carbons (Fsp3) is 0.500. The molecule has 0 radical (unpaired) electrons. The SMILES string of the molecule is CCC/C=C/C#CN=C[C@@H](CF)CC/C(F)=C/O. The first-order chi connectivity index (χ1) is 8.74. The zero-order valence-electron chi connectivity index (χ0n) is 10.6. The Morgan fingerprint density at radius 3 is 2.89 bits per heavy atom. The fourth-order valence-corrected chi connectivity index (χ4v) is 1.11. The number of aliphatic imine (C=N–C) groups is 1. The molecule has 18 heavy (non-hydrogen) atoms. The zero-order chi connectivity index (χ0) is 13.6. The molecule has 0 aromatic heterocycles. The number of nitrogens with zero attached hydrogens (tertiary/aromatic N) is 1. The lowest BCUT2D eigenvalue weighted by Gasteiger charge is -2.04. The van der Waals surface area contributed by atoms with Gasteiger partial charge < -0.3 is 5.11 Å². The first kappa shape index (κ1) is 16.4. The molecule has 0 aliphatic heterocycles. The highest BCUT2D eigenvalue weighted by molar-refractivity contribution is 5.62. The van der Waals surface area contributed by atoms with Gasteiger partial charge in [-0.25, -0.2) is 9.38 Å². The van der Waals surface area contributed by atoms with Crippen LogP contribution in [0.3, 0.4) is 0 Å². The molecule has 0 amide bonds. The van der Waals surface area contributed by atoms with Crippen molar-refractivity contribution in [2.24, 2.45) is 10.9 Å². The van der Waals surface area contributed by atoms with Gasteiger partial charge in [-0.15, -0.1) is 0 Å². The largest absolute Gasteiger partial charge is 0.513 e. The van der Waals surface area contributed by atoms with Gasteiger partial charge in [0.25, 0.3) is 0 Å². The first-order valence-corrected chi connectivity index (χ1v) is 5.98. The maximum Gasteiger partial charge on any atom is 0.134 e. The van der Waals surface area contributed by atoms with Gasteiger partial charge in [0.1, 0.15) is 12.1 Å². The van der Waals surface area contributed by atoms with E-state index in [1.807, 2.05) is 6.08 Å². The van der Waals surface area contributed by atoms with Crippen LogP contribution in [0.4, 0.5) is 8.78 Å². The van der Waals surface area contributed by atoms with Gasteiger partial charge in [-0.1, -0.05) is 25.3 Å². The molecule has 0 rings (SSSR count). The highest BCUT2D eigenvalue weighted by Gasteiger charge is 2.06. The summed E-state index contributed by atoms with van der Waals surface area (Å²) in [7, 11) is 0. The second kappa shape index (κ2) is 11.8. The Balaban J connectivity index is 4.04. The lowest BCUT2D eigenvalue weighted by Crippen LogP contribution is -2.04. The van der Waals surface area contributed by atoms with Crippen LogP contribution >= 0.6 is 0 Å². The van der Waals surface area contributed by atoms with E-state index >= 15 is 0 Å². The molecule has 4 heteroatoms. The minimum Gasteiger partial charge on any atom is -0.513 e. The summed E-state index contributed by atoms with van der Waals surface area (Å²) in [5, 5.41) is 8.34.